The zero-order chi connectivity index (χ0) is 29.5. The zero-order valence-electron chi connectivity index (χ0n) is 23.6. The summed E-state index contributed by atoms with van der Waals surface area (Å²) in [5.41, 5.74) is 3.44. The Labute approximate surface area is 247 Å². The number of rotatable bonds is 7. The van der Waals surface area contributed by atoms with E-state index in [0.29, 0.717) is 35.8 Å². The lowest BCUT2D eigenvalue weighted by Gasteiger charge is -2.34. The van der Waals surface area contributed by atoms with Crippen LogP contribution in [0.4, 0.5) is 10.1 Å². The minimum Gasteiger partial charge on any atom is -0.456 e. The van der Waals surface area contributed by atoms with Gasteiger partial charge < -0.3 is 14.6 Å². The highest BCUT2D eigenvalue weighted by molar-refractivity contribution is 5.97. The fraction of sp³-hybridized carbons (Fsp3) is 0.344. The smallest absolute Gasteiger partial charge is 0.292 e. The number of alkyl halides is 1. The van der Waals surface area contributed by atoms with Crippen molar-refractivity contribution in [3.63, 3.8) is 0 Å². The van der Waals surface area contributed by atoms with E-state index in [1.807, 2.05) is 36.1 Å². The molecule has 2 aromatic carbocycles. The Morgan fingerprint density at radius 1 is 1.07 bits per heavy atom. The summed E-state index contributed by atoms with van der Waals surface area (Å²) in [7, 11) is 0. The van der Waals surface area contributed by atoms with Crippen LogP contribution < -0.4 is 5.32 Å². The van der Waals surface area contributed by atoms with Gasteiger partial charge in [-0.25, -0.2) is 4.39 Å². The van der Waals surface area contributed by atoms with Crippen molar-refractivity contribution < 1.29 is 23.2 Å². The molecule has 0 radical (unpaired) electrons. The number of hydrogen-bond acceptors (Lipinski definition) is 7. The SMILES string of the molecule is CC1N=N[N+](C(c2ccccc2)C2CCN(C(=O)c3cc(-c4cc5cc(NC(=O)[C@@H]6C[C@@H]6F)ccc5o4)ccn3)CC2)=N1. The lowest BCUT2D eigenvalue weighted by atomic mass is 9.85. The van der Waals surface area contributed by atoms with Crippen LogP contribution in [0.15, 0.2) is 92.8 Å². The van der Waals surface area contributed by atoms with E-state index in [0.717, 1.165) is 29.4 Å². The first kappa shape index (κ1) is 27.1. The summed E-state index contributed by atoms with van der Waals surface area (Å²) in [6, 6.07) is 20.9. The van der Waals surface area contributed by atoms with Gasteiger partial charge in [0.05, 0.1) is 11.0 Å². The number of furan rings is 1. The van der Waals surface area contributed by atoms with Gasteiger partial charge in [0.25, 0.3) is 12.1 Å². The summed E-state index contributed by atoms with van der Waals surface area (Å²) >= 11 is 0. The largest absolute Gasteiger partial charge is 0.456 e. The number of carbonyl (C=O) groups excluding carboxylic acids is 2. The van der Waals surface area contributed by atoms with Crippen LogP contribution in [0.3, 0.4) is 0 Å². The molecule has 1 aliphatic carbocycles. The Morgan fingerprint density at radius 3 is 2.58 bits per heavy atom. The summed E-state index contributed by atoms with van der Waals surface area (Å²) < 4.78 is 19.3. The number of azo groups is 1. The highest BCUT2D eigenvalue weighted by Gasteiger charge is 2.43. The molecule has 7 rings (SSSR count). The van der Waals surface area contributed by atoms with E-state index < -0.39 is 12.1 Å². The van der Waals surface area contributed by atoms with Gasteiger partial charge in [-0.05, 0) is 65.6 Å². The van der Waals surface area contributed by atoms with Gasteiger partial charge in [-0.3, -0.25) is 14.6 Å². The molecule has 1 saturated heterocycles. The predicted octanol–water partition coefficient (Wildman–Crippen LogP) is 6.58. The van der Waals surface area contributed by atoms with Gasteiger partial charge in [-0.15, -0.1) is 0 Å². The number of fused-ring (bicyclic) bond motifs is 1. The fourth-order valence-corrected chi connectivity index (χ4v) is 5.93. The van der Waals surface area contributed by atoms with Crippen LogP contribution in [0.5, 0.6) is 0 Å². The van der Waals surface area contributed by atoms with Gasteiger partial charge in [0.15, 0.2) is 11.3 Å². The molecule has 4 heterocycles. The molecule has 2 amide bonds. The van der Waals surface area contributed by atoms with Crippen LogP contribution in [0, 0.1) is 11.8 Å². The third kappa shape index (κ3) is 5.54. The minimum atomic E-state index is -1.05. The van der Waals surface area contributed by atoms with Crippen molar-refractivity contribution in [2.45, 2.75) is 44.6 Å². The quantitative estimate of drug-likeness (QED) is 0.249. The first-order valence-electron chi connectivity index (χ1n) is 14.6. The summed E-state index contributed by atoms with van der Waals surface area (Å²) in [4.78, 5) is 33.6. The number of carbonyl (C=O) groups is 2. The number of aromatic nitrogens is 1. The Bertz CT molecular complexity index is 1750. The molecule has 1 N–H and O–H groups in total. The molecule has 2 fully saturated rings. The molecule has 4 atom stereocenters. The zero-order valence-corrected chi connectivity index (χ0v) is 23.6. The molecular weight excluding hydrogens is 549 g/mol. The number of nitrogens with zero attached hydrogens (tertiary/aromatic N) is 6. The highest BCUT2D eigenvalue weighted by atomic mass is 19.1. The second kappa shape index (κ2) is 11.1. The molecule has 43 heavy (non-hydrogen) atoms. The van der Waals surface area contributed by atoms with E-state index in [2.05, 4.69) is 37.9 Å². The van der Waals surface area contributed by atoms with Crippen LogP contribution in [-0.2, 0) is 4.79 Å². The van der Waals surface area contributed by atoms with Crippen LogP contribution in [0.1, 0.15) is 48.3 Å². The molecule has 4 aromatic rings. The number of piperidine rings is 1. The van der Waals surface area contributed by atoms with Crippen LogP contribution in [0.25, 0.3) is 22.3 Å². The van der Waals surface area contributed by atoms with Crippen molar-refractivity contribution in [2.24, 2.45) is 27.3 Å². The van der Waals surface area contributed by atoms with Crippen LogP contribution in [-0.4, -0.2) is 51.9 Å². The summed E-state index contributed by atoms with van der Waals surface area (Å²) in [6.45, 7) is 3.11. The fourth-order valence-electron chi connectivity index (χ4n) is 5.93. The monoisotopic (exact) mass is 580 g/mol. The molecule has 218 valence electrons. The van der Waals surface area contributed by atoms with E-state index >= 15 is 0 Å². The first-order valence-corrected chi connectivity index (χ1v) is 14.6. The van der Waals surface area contributed by atoms with Crippen molar-refractivity contribution in [1.82, 2.24) is 9.88 Å². The number of likely N-dealkylation sites (tertiary alicyclic amines) is 1. The Kier molecular flexibility index (Phi) is 7.00. The van der Waals surface area contributed by atoms with Gasteiger partial charge in [0.2, 0.25) is 5.91 Å². The summed E-state index contributed by atoms with van der Waals surface area (Å²) in [5.74, 6) is -0.146. The molecule has 0 bridgehead atoms. The molecule has 10 nitrogen and oxygen atoms in total. The van der Waals surface area contributed by atoms with Crippen molar-refractivity contribution in [3.05, 3.63) is 84.2 Å². The summed E-state index contributed by atoms with van der Waals surface area (Å²) in [6.07, 6.45) is 2.25. The van der Waals surface area contributed by atoms with E-state index in [9.17, 15) is 14.0 Å². The maximum Gasteiger partial charge on any atom is 0.292 e. The van der Waals surface area contributed by atoms with E-state index in [-0.39, 0.29) is 36.4 Å². The molecule has 2 aromatic heterocycles. The number of anilines is 1. The third-order valence-corrected chi connectivity index (χ3v) is 8.36. The number of hydrogen-bond donors (Lipinski definition) is 1. The molecule has 1 saturated carbocycles. The maximum absolute atomic E-state index is 13.5. The van der Waals surface area contributed by atoms with E-state index in [4.69, 9.17) is 4.42 Å². The first-order chi connectivity index (χ1) is 20.9. The molecular formula is C32H31FN7O3+. The minimum absolute atomic E-state index is 0.0372. The van der Waals surface area contributed by atoms with Crippen molar-refractivity contribution in [1.29, 1.82) is 0 Å². The summed E-state index contributed by atoms with van der Waals surface area (Å²) in [5, 5.41) is 16.7. The van der Waals surface area contributed by atoms with Gasteiger partial charge in [-0.1, -0.05) is 30.3 Å². The number of pyridine rings is 1. The lowest BCUT2D eigenvalue weighted by molar-refractivity contribution is -0.647. The standard InChI is InChI=1S/C32H30FN7O3/c1-19-36-38-40(37-19)30(20-5-3-2-4-6-20)21-10-13-39(14-11-21)32(42)27-16-22(9-12-34-27)29-17-23-15-24(7-8-28(23)43-29)35-31(41)25-18-26(25)33/h2-9,12,15-17,19,21,25-26,30H,10-11,13-14,18H2,1H3/p+1/t19?,25-,26+,30?/m1/s1. The molecule has 2 aliphatic heterocycles. The average Bonchev–Trinajstić information content (AvgIpc) is 3.39. The van der Waals surface area contributed by atoms with E-state index in [1.54, 1.807) is 41.3 Å². The van der Waals surface area contributed by atoms with Crippen molar-refractivity contribution in [3.8, 4) is 11.3 Å². The molecule has 0 spiro atoms. The Balaban J connectivity index is 1.04. The highest BCUT2D eigenvalue weighted by Crippen LogP contribution is 2.37. The van der Waals surface area contributed by atoms with E-state index in [1.165, 1.54) is 0 Å². The van der Waals surface area contributed by atoms with Crippen molar-refractivity contribution in [2.75, 3.05) is 18.4 Å². The molecule has 3 aliphatic rings. The second-order valence-corrected chi connectivity index (χ2v) is 11.4. The Hall–Kier alpha value is -4.80. The third-order valence-electron chi connectivity index (χ3n) is 8.36. The van der Waals surface area contributed by atoms with Gasteiger partial charge in [-0.2, -0.15) is 0 Å². The van der Waals surface area contributed by atoms with Gasteiger partial charge >= 0.3 is 0 Å². The van der Waals surface area contributed by atoms with Crippen molar-refractivity contribution >= 4 is 28.5 Å². The Morgan fingerprint density at radius 2 is 1.86 bits per heavy atom. The van der Waals surface area contributed by atoms with Gasteiger partial charge in [0, 0.05) is 54.3 Å². The number of nitrogens with one attached hydrogen (secondary N) is 1. The average molecular weight is 581 g/mol. The molecule has 2 unspecified atom stereocenters. The molecule has 11 heteroatoms. The topological polar surface area (TPSA) is 116 Å². The maximum atomic E-state index is 13.5. The number of benzene rings is 2. The lowest BCUT2D eigenvalue weighted by Crippen LogP contribution is -2.41. The van der Waals surface area contributed by atoms with Gasteiger partial charge in [0.1, 0.15) is 23.2 Å². The number of halogens is 1. The van der Waals surface area contributed by atoms with Crippen LogP contribution >= 0.6 is 0 Å². The second-order valence-electron chi connectivity index (χ2n) is 11.4. The van der Waals surface area contributed by atoms with Crippen LogP contribution in [0.2, 0.25) is 0 Å². The number of amides is 2. The predicted molar refractivity (Wildman–Crippen MR) is 156 cm³/mol. The normalized spacial score (nSPS) is 22.4.